The van der Waals surface area contributed by atoms with E-state index in [1.807, 2.05) is 30.3 Å². The van der Waals surface area contributed by atoms with Crippen molar-refractivity contribution in [2.24, 2.45) is 5.92 Å². The number of nitrogens with zero attached hydrogens (tertiary/aromatic N) is 2. The number of amides is 5. The van der Waals surface area contributed by atoms with E-state index in [0.717, 1.165) is 10.6 Å². The maximum atomic E-state index is 13.0. The maximum Gasteiger partial charge on any atom is 0.344 e. The number of carbonyl (C=O) groups excluding carboxylic acids is 4. The van der Waals surface area contributed by atoms with Crippen LogP contribution in [0.15, 0.2) is 54.6 Å². The fourth-order valence-corrected chi connectivity index (χ4v) is 4.09. The van der Waals surface area contributed by atoms with Gasteiger partial charge in [0.15, 0.2) is 0 Å². The van der Waals surface area contributed by atoms with E-state index in [9.17, 15) is 19.2 Å². The highest BCUT2D eigenvalue weighted by Gasteiger charge is 2.49. The molecule has 0 aliphatic carbocycles. The zero-order chi connectivity index (χ0) is 23.6. The second-order valence-corrected chi connectivity index (χ2v) is 8.47. The van der Waals surface area contributed by atoms with Gasteiger partial charge in [-0.1, -0.05) is 30.3 Å². The normalized spacial score (nSPS) is 22.5. The molecule has 4 rings (SSSR count). The lowest BCUT2D eigenvalue weighted by Crippen LogP contribution is -2.50. The summed E-state index contributed by atoms with van der Waals surface area (Å²) in [7, 11) is 1.55. The molecule has 2 aromatic rings. The van der Waals surface area contributed by atoms with Crippen molar-refractivity contribution in [3.63, 3.8) is 0 Å². The summed E-state index contributed by atoms with van der Waals surface area (Å²) in [4.78, 5) is 52.2. The van der Waals surface area contributed by atoms with Crippen molar-refractivity contribution < 1.29 is 23.9 Å². The third kappa shape index (κ3) is 4.52. The minimum Gasteiger partial charge on any atom is -0.497 e. The van der Waals surface area contributed by atoms with Gasteiger partial charge in [-0.3, -0.25) is 19.8 Å². The molecule has 2 aliphatic rings. The van der Waals surface area contributed by atoms with Gasteiger partial charge in [-0.2, -0.15) is 5.01 Å². The second-order valence-electron chi connectivity index (χ2n) is 8.47. The number of hydrazine groups is 1. The summed E-state index contributed by atoms with van der Waals surface area (Å²) in [5, 5.41) is 3.41. The minimum atomic E-state index is -1.12. The number of anilines is 1. The van der Waals surface area contributed by atoms with Crippen molar-refractivity contribution in [1.82, 2.24) is 15.8 Å². The van der Waals surface area contributed by atoms with Crippen molar-refractivity contribution in [3.05, 3.63) is 60.2 Å². The van der Waals surface area contributed by atoms with E-state index in [1.54, 1.807) is 38.3 Å². The summed E-state index contributed by atoms with van der Waals surface area (Å²) in [6.07, 6.45) is 0.979. The average molecular weight is 450 g/mol. The predicted octanol–water partition coefficient (Wildman–Crippen LogP) is 2.02. The van der Waals surface area contributed by atoms with Gasteiger partial charge in [0.2, 0.25) is 11.8 Å². The molecule has 9 heteroatoms. The molecule has 2 saturated heterocycles. The number of methoxy groups -OCH3 is 1. The first kappa shape index (κ1) is 22.3. The summed E-state index contributed by atoms with van der Waals surface area (Å²) < 4.78 is 5.13. The van der Waals surface area contributed by atoms with Gasteiger partial charge >= 0.3 is 6.03 Å². The predicted molar refractivity (Wildman–Crippen MR) is 120 cm³/mol. The molecule has 2 atom stereocenters. The van der Waals surface area contributed by atoms with Crippen LogP contribution in [0.2, 0.25) is 0 Å². The fourth-order valence-electron chi connectivity index (χ4n) is 4.09. The van der Waals surface area contributed by atoms with Crippen LogP contribution in [0.5, 0.6) is 5.75 Å². The van der Waals surface area contributed by atoms with Crippen LogP contribution in [-0.2, 0) is 20.8 Å². The first-order valence-electron chi connectivity index (χ1n) is 10.8. The number of nitrogens with one attached hydrogen (secondary N) is 2. The molecule has 5 amide bonds. The number of carbonyl (C=O) groups is 4. The Hall–Kier alpha value is -3.88. The van der Waals surface area contributed by atoms with E-state index in [-0.39, 0.29) is 18.9 Å². The van der Waals surface area contributed by atoms with Crippen LogP contribution in [0.4, 0.5) is 10.5 Å². The van der Waals surface area contributed by atoms with Crippen molar-refractivity contribution in [3.8, 4) is 5.75 Å². The van der Waals surface area contributed by atoms with Crippen molar-refractivity contribution >= 4 is 29.4 Å². The van der Waals surface area contributed by atoms with E-state index in [0.29, 0.717) is 24.3 Å². The van der Waals surface area contributed by atoms with Crippen LogP contribution in [-0.4, -0.2) is 48.0 Å². The molecule has 172 valence electrons. The van der Waals surface area contributed by atoms with Gasteiger partial charge in [0.1, 0.15) is 11.3 Å². The Morgan fingerprint density at radius 2 is 1.82 bits per heavy atom. The molecule has 2 heterocycles. The lowest BCUT2D eigenvalue weighted by Gasteiger charge is -2.22. The Labute approximate surface area is 191 Å². The molecule has 2 aromatic carbocycles. The molecule has 2 aliphatic heterocycles. The van der Waals surface area contributed by atoms with Gasteiger partial charge in [0.25, 0.3) is 5.91 Å². The first-order chi connectivity index (χ1) is 15.8. The SMILES string of the molecule is COc1ccc(N2CC(C(=O)NN3C(=O)NC(C)(CCc4ccccc4)C3=O)CC2=O)cc1. The molecule has 0 bridgehead atoms. The highest BCUT2D eigenvalue weighted by molar-refractivity contribution is 6.08. The van der Waals surface area contributed by atoms with Crippen LogP contribution in [0, 0.1) is 5.92 Å². The van der Waals surface area contributed by atoms with E-state index >= 15 is 0 Å². The van der Waals surface area contributed by atoms with Gasteiger partial charge in [-0.05, 0) is 49.6 Å². The van der Waals surface area contributed by atoms with Gasteiger partial charge < -0.3 is 15.0 Å². The number of urea groups is 1. The summed E-state index contributed by atoms with van der Waals surface area (Å²) in [6.45, 7) is 1.80. The Morgan fingerprint density at radius 1 is 1.12 bits per heavy atom. The van der Waals surface area contributed by atoms with Gasteiger partial charge in [0.05, 0.1) is 13.0 Å². The van der Waals surface area contributed by atoms with E-state index < -0.39 is 29.3 Å². The Bertz CT molecular complexity index is 1070. The monoisotopic (exact) mass is 450 g/mol. The second kappa shape index (κ2) is 8.93. The maximum absolute atomic E-state index is 13.0. The molecule has 2 fully saturated rings. The summed E-state index contributed by atoms with van der Waals surface area (Å²) in [5.74, 6) is -1.29. The smallest absolute Gasteiger partial charge is 0.344 e. The Kier molecular flexibility index (Phi) is 6.04. The van der Waals surface area contributed by atoms with Crippen molar-refractivity contribution in [2.45, 2.75) is 31.7 Å². The van der Waals surface area contributed by atoms with E-state index in [1.165, 1.54) is 4.90 Å². The largest absolute Gasteiger partial charge is 0.497 e. The average Bonchev–Trinajstić information content (AvgIpc) is 3.31. The van der Waals surface area contributed by atoms with Crippen LogP contribution in [0.1, 0.15) is 25.3 Å². The lowest BCUT2D eigenvalue weighted by molar-refractivity contribution is -0.140. The van der Waals surface area contributed by atoms with E-state index in [4.69, 9.17) is 4.74 Å². The standard InChI is InChI=1S/C24H26N4O5/c1-24(13-12-16-6-4-3-5-7-16)22(31)28(23(32)25-24)26-21(30)17-14-20(29)27(15-17)18-8-10-19(33-2)11-9-18/h3-11,17H,12-15H2,1-2H3,(H,25,32)(H,26,30). The third-order valence-electron chi connectivity index (χ3n) is 6.12. The first-order valence-corrected chi connectivity index (χ1v) is 10.8. The molecule has 9 nitrogen and oxygen atoms in total. The van der Waals surface area contributed by atoms with Crippen LogP contribution >= 0.6 is 0 Å². The fraction of sp³-hybridized carbons (Fsp3) is 0.333. The van der Waals surface area contributed by atoms with Gasteiger partial charge in [0, 0.05) is 18.7 Å². The number of imide groups is 1. The molecule has 0 spiro atoms. The highest BCUT2D eigenvalue weighted by atomic mass is 16.5. The summed E-state index contributed by atoms with van der Waals surface area (Å²) >= 11 is 0. The molecule has 33 heavy (non-hydrogen) atoms. The van der Waals surface area contributed by atoms with Crippen LogP contribution < -0.4 is 20.4 Å². The van der Waals surface area contributed by atoms with Crippen molar-refractivity contribution in [2.75, 3.05) is 18.6 Å². The molecule has 2 unspecified atom stereocenters. The Balaban J connectivity index is 1.38. The number of aryl methyl sites for hydroxylation is 1. The van der Waals surface area contributed by atoms with Crippen molar-refractivity contribution in [1.29, 1.82) is 0 Å². The van der Waals surface area contributed by atoms with E-state index in [2.05, 4.69) is 10.7 Å². The number of benzene rings is 2. The third-order valence-corrected chi connectivity index (χ3v) is 6.12. The topological polar surface area (TPSA) is 108 Å². The number of hydrogen-bond donors (Lipinski definition) is 2. The molecule has 2 N–H and O–H groups in total. The molecular formula is C24H26N4O5. The number of rotatable bonds is 7. The quantitative estimate of drug-likeness (QED) is 0.628. The zero-order valence-corrected chi connectivity index (χ0v) is 18.5. The molecular weight excluding hydrogens is 424 g/mol. The van der Waals surface area contributed by atoms with Gasteiger partial charge in [-0.15, -0.1) is 0 Å². The zero-order valence-electron chi connectivity index (χ0n) is 18.5. The van der Waals surface area contributed by atoms with Crippen LogP contribution in [0.3, 0.4) is 0 Å². The summed E-state index contributed by atoms with van der Waals surface area (Å²) in [6, 6.07) is 15.9. The van der Waals surface area contributed by atoms with Gasteiger partial charge in [-0.25, -0.2) is 4.79 Å². The minimum absolute atomic E-state index is 0.00716. The molecule has 0 aromatic heterocycles. The number of ether oxygens (including phenoxy) is 1. The molecule has 0 saturated carbocycles. The van der Waals surface area contributed by atoms with Crippen LogP contribution in [0.25, 0.3) is 0 Å². The summed E-state index contributed by atoms with van der Waals surface area (Å²) in [5.41, 5.74) is 2.99. The highest BCUT2D eigenvalue weighted by Crippen LogP contribution is 2.28. The lowest BCUT2D eigenvalue weighted by atomic mass is 9.93. The molecule has 0 radical (unpaired) electrons. The Morgan fingerprint density at radius 3 is 2.48 bits per heavy atom. The number of hydrogen-bond acceptors (Lipinski definition) is 5.